The highest BCUT2D eigenvalue weighted by Gasteiger charge is 2.28. The molecule has 2 nitrogen and oxygen atoms in total. The van der Waals surface area contributed by atoms with Crippen LogP contribution in [0.3, 0.4) is 0 Å². The van der Waals surface area contributed by atoms with Gasteiger partial charge in [-0.15, -0.1) is 0 Å². The molecule has 0 heterocycles. The van der Waals surface area contributed by atoms with E-state index in [-0.39, 0.29) is 0 Å². The van der Waals surface area contributed by atoms with Crippen molar-refractivity contribution in [1.29, 1.82) is 0 Å². The van der Waals surface area contributed by atoms with E-state index in [2.05, 4.69) is 0 Å². The van der Waals surface area contributed by atoms with Gasteiger partial charge in [0.25, 0.3) is 0 Å². The van der Waals surface area contributed by atoms with Crippen LogP contribution in [0.25, 0.3) is 0 Å². The third-order valence-corrected chi connectivity index (χ3v) is 3.28. The molecule has 2 rings (SSSR count). The second kappa shape index (κ2) is 5.07. The number of hydrogen-bond donors (Lipinski definition) is 0. The van der Waals surface area contributed by atoms with E-state index in [1.54, 1.807) is 18.2 Å². The number of rotatable bonds is 5. The van der Waals surface area contributed by atoms with Gasteiger partial charge in [0.05, 0.1) is 16.7 Å². The minimum absolute atomic E-state index is 0.303. The summed E-state index contributed by atoms with van der Waals surface area (Å²) in [7, 11) is 0. The number of Topliss-reactive ketones (excluding diaryl/α,β-unsaturated/α-hetero) is 1. The van der Waals surface area contributed by atoms with Crippen LogP contribution in [0, 0.1) is 5.92 Å². The summed E-state index contributed by atoms with van der Waals surface area (Å²) in [6, 6.07) is 5.09. The second-order valence-corrected chi connectivity index (χ2v) is 4.73. The van der Waals surface area contributed by atoms with Crippen LogP contribution in [-0.4, -0.2) is 12.4 Å². The number of halogens is 2. The van der Waals surface area contributed by atoms with Crippen LogP contribution in [-0.2, 0) is 4.79 Å². The molecule has 4 heteroatoms. The minimum Gasteiger partial charge on any atom is -0.493 e. The van der Waals surface area contributed by atoms with E-state index in [9.17, 15) is 4.79 Å². The standard InChI is InChI=1S/C12H12Cl2O2/c13-10-4-3-9(7-11(10)14)16-6-5-12(15)8-1-2-8/h3-4,7-8H,1-2,5-6H2. The van der Waals surface area contributed by atoms with Crippen molar-refractivity contribution >= 4 is 29.0 Å². The molecule has 0 spiro atoms. The van der Waals surface area contributed by atoms with Crippen molar-refractivity contribution in [3.63, 3.8) is 0 Å². The Balaban J connectivity index is 1.80. The molecule has 16 heavy (non-hydrogen) atoms. The van der Waals surface area contributed by atoms with Gasteiger partial charge in [-0.3, -0.25) is 4.79 Å². The van der Waals surface area contributed by atoms with E-state index in [1.807, 2.05) is 0 Å². The number of ether oxygens (including phenoxy) is 1. The van der Waals surface area contributed by atoms with E-state index < -0.39 is 0 Å². The van der Waals surface area contributed by atoms with E-state index in [0.717, 1.165) is 12.8 Å². The molecular weight excluding hydrogens is 247 g/mol. The Morgan fingerprint density at radius 2 is 2.06 bits per heavy atom. The van der Waals surface area contributed by atoms with Gasteiger partial charge in [-0.05, 0) is 25.0 Å². The minimum atomic E-state index is 0.303. The Hall–Kier alpha value is -0.730. The van der Waals surface area contributed by atoms with Crippen LogP contribution in [0.5, 0.6) is 5.75 Å². The van der Waals surface area contributed by atoms with Crippen molar-refractivity contribution in [3.8, 4) is 5.75 Å². The Morgan fingerprint density at radius 3 is 2.69 bits per heavy atom. The summed E-state index contributed by atoms with van der Waals surface area (Å²) in [5, 5.41) is 0.968. The van der Waals surface area contributed by atoms with Gasteiger partial charge in [0.15, 0.2) is 0 Å². The molecule has 1 aliphatic carbocycles. The topological polar surface area (TPSA) is 26.3 Å². The van der Waals surface area contributed by atoms with Crippen molar-refractivity contribution in [2.45, 2.75) is 19.3 Å². The maximum Gasteiger partial charge on any atom is 0.139 e. The van der Waals surface area contributed by atoms with Crippen molar-refractivity contribution in [2.75, 3.05) is 6.61 Å². The molecule has 0 amide bonds. The maximum absolute atomic E-state index is 11.4. The van der Waals surface area contributed by atoms with Gasteiger partial charge in [-0.1, -0.05) is 23.2 Å². The Kier molecular flexibility index (Phi) is 3.72. The molecule has 1 aliphatic rings. The zero-order valence-corrected chi connectivity index (χ0v) is 10.2. The summed E-state index contributed by atoms with van der Waals surface area (Å²) in [6.45, 7) is 0.410. The quantitative estimate of drug-likeness (QED) is 0.805. The highest BCUT2D eigenvalue weighted by atomic mass is 35.5. The predicted molar refractivity (Wildman–Crippen MR) is 64.3 cm³/mol. The summed E-state index contributed by atoms with van der Waals surface area (Å²) < 4.78 is 5.43. The first kappa shape index (κ1) is 11.7. The highest BCUT2D eigenvalue weighted by Crippen LogP contribution is 2.31. The number of hydrogen-bond acceptors (Lipinski definition) is 2. The SMILES string of the molecule is O=C(CCOc1ccc(Cl)c(Cl)c1)C1CC1. The average Bonchev–Trinajstić information content (AvgIpc) is 3.07. The summed E-state index contributed by atoms with van der Waals surface area (Å²) in [4.78, 5) is 11.4. The molecule has 1 saturated carbocycles. The van der Waals surface area contributed by atoms with E-state index in [4.69, 9.17) is 27.9 Å². The molecule has 0 N–H and O–H groups in total. The lowest BCUT2D eigenvalue weighted by Gasteiger charge is -2.06. The molecule has 86 valence electrons. The van der Waals surface area contributed by atoms with Crippen LogP contribution < -0.4 is 4.74 Å². The van der Waals surface area contributed by atoms with E-state index in [0.29, 0.717) is 40.5 Å². The second-order valence-electron chi connectivity index (χ2n) is 3.91. The lowest BCUT2D eigenvalue weighted by atomic mass is 10.2. The number of carbonyl (C=O) groups is 1. The number of ketones is 1. The van der Waals surface area contributed by atoms with Crippen LogP contribution in [0.4, 0.5) is 0 Å². The van der Waals surface area contributed by atoms with E-state index in [1.165, 1.54) is 0 Å². The molecule has 1 aromatic carbocycles. The van der Waals surface area contributed by atoms with Crippen LogP contribution >= 0.6 is 23.2 Å². The molecule has 0 saturated heterocycles. The summed E-state index contributed by atoms with van der Waals surface area (Å²) >= 11 is 11.6. The molecule has 0 unspecified atom stereocenters. The van der Waals surface area contributed by atoms with Gasteiger partial charge in [0.2, 0.25) is 0 Å². The molecule has 0 aromatic heterocycles. The lowest BCUT2D eigenvalue weighted by molar-refractivity contribution is -0.120. The largest absolute Gasteiger partial charge is 0.493 e. The molecule has 0 radical (unpaired) electrons. The fraction of sp³-hybridized carbons (Fsp3) is 0.417. The fourth-order valence-electron chi connectivity index (χ4n) is 1.45. The molecule has 0 aliphatic heterocycles. The Labute approximate surface area is 104 Å². The van der Waals surface area contributed by atoms with Crippen LogP contribution in [0.1, 0.15) is 19.3 Å². The van der Waals surface area contributed by atoms with Gasteiger partial charge in [0.1, 0.15) is 11.5 Å². The lowest BCUT2D eigenvalue weighted by Crippen LogP contribution is -2.07. The maximum atomic E-state index is 11.4. The van der Waals surface area contributed by atoms with Crippen molar-refractivity contribution < 1.29 is 9.53 Å². The van der Waals surface area contributed by atoms with Gasteiger partial charge in [0, 0.05) is 18.4 Å². The first-order chi connectivity index (χ1) is 7.66. The summed E-state index contributed by atoms with van der Waals surface area (Å²) in [5.74, 6) is 1.26. The van der Waals surface area contributed by atoms with E-state index >= 15 is 0 Å². The van der Waals surface area contributed by atoms with Crippen LogP contribution in [0.15, 0.2) is 18.2 Å². The molecular formula is C12H12Cl2O2. The van der Waals surface area contributed by atoms with Gasteiger partial charge in [-0.25, -0.2) is 0 Å². The average molecular weight is 259 g/mol. The normalized spacial score (nSPS) is 14.9. The van der Waals surface area contributed by atoms with Gasteiger partial charge >= 0.3 is 0 Å². The third kappa shape index (κ3) is 3.13. The zero-order chi connectivity index (χ0) is 11.5. The predicted octanol–water partition coefficient (Wildman–Crippen LogP) is 3.74. The summed E-state index contributed by atoms with van der Waals surface area (Å²) in [5.41, 5.74) is 0. The van der Waals surface area contributed by atoms with Gasteiger partial charge < -0.3 is 4.74 Å². The first-order valence-corrected chi connectivity index (χ1v) is 6.03. The highest BCUT2D eigenvalue weighted by molar-refractivity contribution is 6.42. The monoisotopic (exact) mass is 258 g/mol. The van der Waals surface area contributed by atoms with Crippen molar-refractivity contribution in [1.82, 2.24) is 0 Å². The van der Waals surface area contributed by atoms with Crippen molar-refractivity contribution in [3.05, 3.63) is 28.2 Å². The number of benzene rings is 1. The zero-order valence-electron chi connectivity index (χ0n) is 8.71. The molecule has 1 fully saturated rings. The third-order valence-electron chi connectivity index (χ3n) is 2.54. The Bertz CT molecular complexity index is 400. The molecule has 1 aromatic rings. The van der Waals surface area contributed by atoms with Crippen molar-refractivity contribution in [2.24, 2.45) is 5.92 Å². The first-order valence-electron chi connectivity index (χ1n) is 5.27. The Morgan fingerprint density at radius 1 is 1.31 bits per heavy atom. The smallest absolute Gasteiger partial charge is 0.139 e. The molecule has 0 bridgehead atoms. The fourth-order valence-corrected chi connectivity index (χ4v) is 1.73. The van der Waals surface area contributed by atoms with Crippen LogP contribution in [0.2, 0.25) is 10.0 Å². The molecule has 0 atom stereocenters. The van der Waals surface area contributed by atoms with Gasteiger partial charge in [-0.2, -0.15) is 0 Å². The summed E-state index contributed by atoms with van der Waals surface area (Å²) in [6.07, 6.45) is 2.57. The number of carbonyl (C=O) groups excluding carboxylic acids is 1.